The van der Waals surface area contributed by atoms with Crippen molar-refractivity contribution in [3.05, 3.63) is 65.2 Å². The van der Waals surface area contributed by atoms with Crippen LogP contribution in [-0.2, 0) is 4.79 Å². The minimum atomic E-state index is -0.446. The van der Waals surface area contributed by atoms with Gasteiger partial charge in [0.2, 0.25) is 5.91 Å². The van der Waals surface area contributed by atoms with Gasteiger partial charge in [-0.25, -0.2) is 0 Å². The highest BCUT2D eigenvalue weighted by molar-refractivity contribution is 6.01. The van der Waals surface area contributed by atoms with Crippen LogP contribution in [0.4, 0.5) is 0 Å². The van der Waals surface area contributed by atoms with Crippen molar-refractivity contribution in [2.24, 2.45) is 5.92 Å². The molecular weight excluding hydrogens is 438 g/mol. The fourth-order valence-electron chi connectivity index (χ4n) is 6.63. The topological polar surface area (TPSA) is 53.1 Å². The Balaban J connectivity index is 1.46. The number of likely N-dealkylation sites (N-methyl/N-ethyl adjacent to an activating group) is 2. The van der Waals surface area contributed by atoms with Gasteiger partial charge in [0.15, 0.2) is 0 Å². The Morgan fingerprint density at radius 2 is 1.77 bits per heavy atom. The van der Waals surface area contributed by atoms with Crippen LogP contribution in [0.1, 0.15) is 65.5 Å². The molecule has 0 aliphatic carbocycles. The normalized spacial score (nSPS) is 26.6. The summed E-state index contributed by atoms with van der Waals surface area (Å²) in [6, 6.07) is 15.6. The summed E-state index contributed by atoms with van der Waals surface area (Å²) in [5, 5.41) is 0. The molecule has 0 spiro atoms. The van der Waals surface area contributed by atoms with Gasteiger partial charge in [-0.1, -0.05) is 36.8 Å². The van der Waals surface area contributed by atoms with Gasteiger partial charge in [-0.05, 0) is 74.0 Å². The summed E-state index contributed by atoms with van der Waals surface area (Å²) < 4.78 is 5.34. The van der Waals surface area contributed by atoms with Gasteiger partial charge in [-0.3, -0.25) is 9.59 Å². The first kappa shape index (κ1) is 23.9. The molecule has 0 radical (unpaired) electrons. The first-order chi connectivity index (χ1) is 17.0. The van der Waals surface area contributed by atoms with E-state index in [1.807, 2.05) is 67.5 Å². The van der Waals surface area contributed by atoms with Crippen molar-refractivity contribution in [3.8, 4) is 5.75 Å². The van der Waals surface area contributed by atoms with E-state index in [0.29, 0.717) is 17.5 Å². The molecule has 2 amide bonds. The van der Waals surface area contributed by atoms with Crippen molar-refractivity contribution >= 4 is 11.8 Å². The maximum absolute atomic E-state index is 14.2. The lowest BCUT2D eigenvalue weighted by molar-refractivity contribution is -0.134. The lowest BCUT2D eigenvalue weighted by Crippen LogP contribution is -2.52. The first-order valence-corrected chi connectivity index (χ1v) is 13.0. The SMILES string of the molecule is COc1ccc(C2C(C(=O)N(C)CC3CCCN4CCCCC34)c3ccccc3C(=O)N2C)cc1. The lowest BCUT2D eigenvalue weighted by Gasteiger charge is -2.46. The third-order valence-electron chi connectivity index (χ3n) is 8.42. The Bertz CT molecular complexity index is 1070. The van der Waals surface area contributed by atoms with Gasteiger partial charge in [-0.2, -0.15) is 0 Å². The molecule has 6 nitrogen and oxygen atoms in total. The van der Waals surface area contributed by atoms with Crippen LogP contribution in [0.5, 0.6) is 5.75 Å². The Morgan fingerprint density at radius 1 is 1.03 bits per heavy atom. The Hall–Kier alpha value is -2.86. The number of piperidine rings is 2. The molecule has 5 rings (SSSR count). The van der Waals surface area contributed by atoms with E-state index >= 15 is 0 Å². The van der Waals surface area contributed by atoms with Crippen LogP contribution in [0, 0.1) is 5.92 Å². The summed E-state index contributed by atoms with van der Waals surface area (Å²) in [7, 11) is 5.41. The Labute approximate surface area is 208 Å². The van der Waals surface area contributed by atoms with Gasteiger partial charge in [0.05, 0.1) is 19.1 Å². The second-order valence-corrected chi connectivity index (χ2v) is 10.4. The maximum Gasteiger partial charge on any atom is 0.254 e. The summed E-state index contributed by atoms with van der Waals surface area (Å²) in [6.45, 7) is 3.16. The Kier molecular flexibility index (Phi) is 6.83. The average Bonchev–Trinajstić information content (AvgIpc) is 2.90. The molecule has 0 bridgehead atoms. The van der Waals surface area contributed by atoms with Gasteiger partial charge in [-0.15, -0.1) is 0 Å². The van der Waals surface area contributed by atoms with Crippen molar-refractivity contribution in [3.63, 3.8) is 0 Å². The van der Waals surface area contributed by atoms with Crippen LogP contribution in [0.15, 0.2) is 48.5 Å². The van der Waals surface area contributed by atoms with Crippen LogP contribution in [0.3, 0.4) is 0 Å². The van der Waals surface area contributed by atoms with E-state index in [9.17, 15) is 9.59 Å². The fraction of sp³-hybridized carbons (Fsp3) is 0.517. The number of rotatable bonds is 5. The zero-order valence-electron chi connectivity index (χ0n) is 21.2. The van der Waals surface area contributed by atoms with E-state index in [0.717, 1.165) is 23.4 Å². The molecule has 35 heavy (non-hydrogen) atoms. The van der Waals surface area contributed by atoms with E-state index in [1.165, 1.54) is 45.2 Å². The second-order valence-electron chi connectivity index (χ2n) is 10.4. The number of methoxy groups -OCH3 is 1. The number of hydrogen-bond donors (Lipinski definition) is 0. The molecule has 2 aromatic carbocycles. The van der Waals surface area contributed by atoms with E-state index in [2.05, 4.69) is 4.90 Å². The van der Waals surface area contributed by atoms with Gasteiger partial charge < -0.3 is 19.4 Å². The molecule has 3 heterocycles. The number of hydrogen-bond acceptors (Lipinski definition) is 4. The highest BCUT2D eigenvalue weighted by Crippen LogP contribution is 2.43. The number of carbonyl (C=O) groups excluding carboxylic acids is 2. The molecule has 0 aromatic heterocycles. The Morgan fingerprint density at radius 3 is 2.54 bits per heavy atom. The predicted octanol–water partition coefficient (Wildman–Crippen LogP) is 4.33. The van der Waals surface area contributed by atoms with E-state index in [4.69, 9.17) is 4.74 Å². The van der Waals surface area contributed by atoms with E-state index in [-0.39, 0.29) is 17.9 Å². The predicted molar refractivity (Wildman–Crippen MR) is 137 cm³/mol. The van der Waals surface area contributed by atoms with Crippen molar-refractivity contribution in [2.45, 2.75) is 50.1 Å². The van der Waals surface area contributed by atoms with Gasteiger partial charge in [0, 0.05) is 32.2 Å². The molecule has 2 aromatic rings. The van der Waals surface area contributed by atoms with E-state index in [1.54, 1.807) is 12.0 Å². The standard InChI is InChI=1S/C29H37N3O3/c1-30(19-21-9-8-18-32-17-7-6-12-25(21)32)29(34)26-23-10-4-5-11-24(23)28(33)31(2)27(26)20-13-15-22(35-3)16-14-20/h4-5,10-11,13-16,21,25-27H,6-9,12,17-19H2,1-3H3. The summed E-state index contributed by atoms with van der Waals surface area (Å²) in [5.74, 6) is 0.867. The van der Waals surface area contributed by atoms with Gasteiger partial charge >= 0.3 is 0 Å². The molecule has 6 heteroatoms. The van der Waals surface area contributed by atoms with Crippen LogP contribution in [0.25, 0.3) is 0 Å². The fourth-order valence-corrected chi connectivity index (χ4v) is 6.63. The third kappa shape index (κ3) is 4.44. The van der Waals surface area contributed by atoms with Crippen molar-refractivity contribution in [1.29, 1.82) is 0 Å². The highest BCUT2D eigenvalue weighted by atomic mass is 16.5. The summed E-state index contributed by atoms with van der Waals surface area (Å²) in [4.78, 5) is 33.8. The monoisotopic (exact) mass is 475 g/mol. The number of carbonyl (C=O) groups is 2. The largest absolute Gasteiger partial charge is 0.497 e. The zero-order chi connectivity index (χ0) is 24.5. The smallest absolute Gasteiger partial charge is 0.254 e. The number of ether oxygens (including phenoxy) is 1. The summed E-state index contributed by atoms with van der Waals surface area (Å²) in [6.07, 6.45) is 6.21. The molecule has 4 atom stereocenters. The van der Waals surface area contributed by atoms with Gasteiger partial charge in [0.25, 0.3) is 5.91 Å². The average molecular weight is 476 g/mol. The van der Waals surface area contributed by atoms with Crippen LogP contribution < -0.4 is 4.74 Å². The van der Waals surface area contributed by atoms with Crippen molar-refractivity contribution in [2.75, 3.05) is 40.8 Å². The third-order valence-corrected chi connectivity index (χ3v) is 8.42. The minimum Gasteiger partial charge on any atom is -0.497 e. The lowest BCUT2D eigenvalue weighted by atomic mass is 9.78. The number of fused-ring (bicyclic) bond motifs is 2. The summed E-state index contributed by atoms with van der Waals surface area (Å²) in [5.41, 5.74) is 2.40. The van der Waals surface area contributed by atoms with Crippen molar-refractivity contribution < 1.29 is 14.3 Å². The number of amides is 2. The zero-order valence-corrected chi connectivity index (χ0v) is 21.2. The molecule has 0 N–H and O–H groups in total. The van der Waals surface area contributed by atoms with Crippen LogP contribution in [-0.4, -0.2) is 73.4 Å². The van der Waals surface area contributed by atoms with E-state index < -0.39 is 5.92 Å². The summed E-state index contributed by atoms with van der Waals surface area (Å²) >= 11 is 0. The molecule has 2 fully saturated rings. The number of benzene rings is 2. The minimum absolute atomic E-state index is 0.0433. The molecule has 186 valence electrons. The maximum atomic E-state index is 14.2. The molecular formula is C29H37N3O3. The molecule has 0 saturated carbocycles. The molecule has 3 aliphatic rings. The number of nitrogens with zero attached hydrogens (tertiary/aromatic N) is 3. The first-order valence-electron chi connectivity index (χ1n) is 13.0. The molecule has 3 aliphatic heterocycles. The molecule has 2 saturated heterocycles. The molecule has 4 unspecified atom stereocenters. The van der Waals surface area contributed by atoms with Crippen LogP contribution in [0.2, 0.25) is 0 Å². The second kappa shape index (κ2) is 10.0. The van der Waals surface area contributed by atoms with Gasteiger partial charge in [0.1, 0.15) is 5.75 Å². The van der Waals surface area contributed by atoms with Crippen LogP contribution >= 0.6 is 0 Å². The van der Waals surface area contributed by atoms with Crippen molar-refractivity contribution in [1.82, 2.24) is 14.7 Å². The highest BCUT2D eigenvalue weighted by Gasteiger charge is 2.44. The quantitative estimate of drug-likeness (QED) is 0.646.